The summed E-state index contributed by atoms with van der Waals surface area (Å²) in [4.78, 5) is 13.2. The van der Waals surface area contributed by atoms with Crippen molar-refractivity contribution >= 4 is 5.91 Å². The van der Waals surface area contributed by atoms with E-state index in [0.717, 1.165) is 38.6 Å². The van der Waals surface area contributed by atoms with E-state index in [9.17, 15) is 9.90 Å². The molecular formula is C12H22N2O2. The molecule has 1 amide bonds. The number of piperidine rings is 1. The average molecular weight is 226 g/mol. The maximum Gasteiger partial charge on any atom is 0.222 e. The lowest BCUT2D eigenvalue weighted by molar-refractivity contribution is -0.132. The smallest absolute Gasteiger partial charge is 0.222 e. The highest BCUT2D eigenvalue weighted by Gasteiger charge is 2.26. The second-order valence-corrected chi connectivity index (χ2v) is 5.18. The van der Waals surface area contributed by atoms with Gasteiger partial charge in [0.15, 0.2) is 0 Å². The minimum absolute atomic E-state index is 0.0892. The van der Waals surface area contributed by atoms with Crippen LogP contribution in [0.3, 0.4) is 0 Å². The van der Waals surface area contributed by atoms with Crippen molar-refractivity contribution in [2.24, 2.45) is 0 Å². The SMILES string of the molecule is CN1CC(NC2CCC(O)CC2)CCC1=O. The number of nitrogens with zero attached hydrogens (tertiary/aromatic N) is 1. The molecule has 1 saturated carbocycles. The van der Waals surface area contributed by atoms with Crippen LogP contribution in [0, 0.1) is 0 Å². The van der Waals surface area contributed by atoms with E-state index in [1.54, 1.807) is 0 Å². The highest BCUT2D eigenvalue weighted by Crippen LogP contribution is 2.20. The predicted octanol–water partition coefficient (Wildman–Crippen LogP) is 0.500. The lowest BCUT2D eigenvalue weighted by Gasteiger charge is -2.35. The van der Waals surface area contributed by atoms with Crippen LogP contribution in [0.5, 0.6) is 0 Å². The van der Waals surface area contributed by atoms with Crippen molar-refractivity contribution in [2.45, 2.75) is 56.7 Å². The van der Waals surface area contributed by atoms with Crippen LogP contribution in [0.25, 0.3) is 0 Å². The van der Waals surface area contributed by atoms with Crippen LogP contribution < -0.4 is 5.32 Å². The van der Waals surface area contributed by atoms with Crippen LogP contribution in [-0.4, -0.2) is 47.7 Å². The number of likely N-dealkylation sites (N-methyl/N-ethyl adjacent to an activating group) is 1. The van der Waals surface area contributed by atoms with Gasteiger partial charge in [-0.15, -0.1) is 0 Å². The van der Waals surface area contributed by atoms with Crippen LogP contribution in [0.2, 0.25) is 0 Å². The summed E-state index contributed by atoms with van der Waals surface area (Å²) < 4.78 is 0. The number of aliphatic hydroxyl groups excluding tert-OH is 1. The number of hydrogen-bond acceptors (Lipinski definition) is 3. The minimum Gasteiger partial charge on any atom is -0.393 e. The monoisotopic (exact) mass is 226 g/mol. The number of nitrogens with one attached hydrogen (secondary N) is 1. The Morgan fingerprint density at radius 1 is 1.19 bits per heavy atom. The summed E-state index contributed by atoms with van der Waals surface area (Å²) in [5.74, 6) is 0.261. The molecule has 4 nitrogen and oxygen atoms in total. The van der Waals surface area contributed by atoms with Crippen LogP contribution in [0.4, 0.5) is 0 Å². The van der Waals surface area contributed by atoms with Crippen molar-refractivity contribution in [3.05, 3.63) is 0 Å². The molecule has 1 unspecified atom stereocenters. The molecule has 0 spiro atoms. The lowest BCUT2D eigenvalue weighted by Crippen LogP contribution is -2.50. The van der Waals surface area contributed by atoms with E-state index in [2.05, 4.69) is 5.32 Å². The van der Waals surface area contributed by atoms with Gasteiger partial charge in [0.05, 0.1) is 6.10 Å². The van der Waals surface area contributed by atoms with Crippen molar-refractivity contribution in [3.63, 3.8) is 0 Å². The van der Waals surface area contributed by atoms with Crippen LogP contribution in [0.1, 0.15) is 38.5 Å². The molecular weight excluding hydrogens is 204 g/mol. The molecule has 0 aromatic carbocycles. The molecule has 0 aromatic heterocycles. The molecule has 1 aliphatic carbocycles. The molecule has 2 aliphatic rings. The third-order valence-electron chi connectivity index (χ3n) is 3.79. The third kappa shape index (κ3) is 2.95. The first-order chi connectivity index (χ1) is 7.65. The Bertz CT molecular complexity index is 249. The van der Waals surface area contributed by atoms with Gasteiger partial charge in [-0.3, -0.25) is 4.79 Å². The van der Waals surface area contributed by atoms with Gasteiger partial charge in [-0.05, 0) is 32.1 Å². The summed E-state index contributed by atoms with van der Waals surface area (Å²) >= 11 is 0. The van der Waals surface area contributed by atoms with E-state index in [4.69, 9.17) is 0 Å². The molecule has 1 atom stereocenters. The number of hydrogen-bond donors (Lipinski definition) is 2. The Labute approximate surface area is 97.0 Å². The second kappa shape index (κ2) is 5.15. The summed E-state index contributed by atoms with van der Waals surface area (Å²) in [6.07, 6.45) is 5.50. The molecule has 2 rings (SSSR count). The van der Waals surface area contributed by atoms with Gasteiger partial charge >= 0.3 is 0 Å². The highest BCUT2D eigenvalue weighted by atomic mass is 16.3. The van der Waals surface area contributed by atoms with E-state index in [1.807, 2.05) is 11.9 Å². The lowest BCUT2D eigenvalue weighted by atomic mass is 9.92. The van der Waals surface area contributed by atoms with E-state index in [0.29, 0.717) is 18.5 Å². The summed E-state index contributed by atoms with van der Waals surface area (Å²) in [5.41, 5.74) is 0. The first-order valence-corrected chi connectivity index (χ1v) is 6.33. The van der Waals surface area contributed by atoms with Gasteiger partial charge in [-0.25, -0.2) is 0 Å². The summed E-state index contributed by atoms with van der Waals surface area (Å²) in [5, 5.41) is 13.1. The number of amides is 1. The van der Waals surface area contributed by atoms with Crippen molar-refractivity contribution in [1.29, 1.82) is 0 Å². The summed E-state index contributed by atoms with van der Waals surface area (Å²) in [6.45, 7) is 0.831. The summed E-state index contributed by atoms with van der Waals surface area (Å²) in [6, 6.07) is 0.984. The van der Waals surface area contributed by atoms with Gasteiger partial charge in [0, 0.05) is 32.1 Å². The molecule has 2 fully saturated rings. The van der Waals surface area contributed by atoms with Gasteiger partial charge in [0.2, 0.25) is 5.91 Å². The van der Waals surface area contributed by atoms with Gasteiger partial charge < -0.3 is 15.3 Å². The van der Waals surface area contributed by atoms with E-state index < -0.39 is 0 Å². The molecule has 92 valence electrons. The topological polar surface area (TPSA) is 52.6 Å². The van der Waals surface area contributed by atoms with Gasteiger partial charge in [0.25, 0.3) is 0 Å². The fourth-order valence-electron chi connectivity index (χ4n) is 2.72. The Balaban J connectivity index is 1.75. The Morgan fingerprint density at radius 3 is 2.50 bits per heavy atom. The molecule has 0 bridgehead atoms. The van der Waals surface area contributed by atoms with E-state index in [1.165, 1.54) is 0 Å². The van der Waals surface area contributed by atoms with E-state index in [-0.39, 0.29) is 12.0 Å². The normalized spacial score (nSPS) is 36.5. The standard InChI is InChI=1S/C12H22N2O2/c1-14-8-10(4-7-12(14)16)13-9-2-5-11(15)6-3-9/h9-11,13,15H,2-8H2,1H3. The van der Waals surface area contributed by atoms with Crippen molar-refractivity contribution < 1.29 is 9.90 Å². The first-order valence-electron chi connectivity index (χ1n) is 6.33. The quantitative estimate of drug-likeness (QED) is 0.721. The third-order valence-corrected chi connectivity index (χ3v) is 3.79. The number of carbonyl (C=O) groups is 1. The number of rotatable bonds is 2. The van der Waals surface area contributed by atoms with E-state index >= 15 is 0 Å². The predicted molar refractivity (Wildman–Crippen MR) is 62.1 cm³/mol. The van der Waals surface area contributed by atoms with Crippen molar-refractivity contribution in [3.8, 4) is 0 Å². The molecule has 1 saturated heterocycles. The first kappa shape index (κ1) is 11.9. The van der Waals surface area contributed by atoms with Crippen LogP contribution >= 0.6 is 0 Å². The fraction of sp³-hybridized carbons (Fsp3) is 0.917. The Kier molecular flexibility index (Phi) is 3.82. The molecule has 1 aliphatic heterocycles. The van der Waals surface area contributed by atoms with Crippen molar-refractivity contribution in [2.75, 3.05) is 13.6 Å². The van der Waals surface area contributed by atoms with Gasteiger partial charge in [-0.2, -0.15) is 0 Å². The van der Waals surface area contributed by atoms with Crippen molar-refractivity contribution in [1.82, 2.24) is 10.2 Å². The Morgan fingerprint density at radius 2 is 1.88 bits per heavy atom. The molecule has 2 N–H and O–H groups in total. The molecule has 16 heavy (non-hydrogen) atoms. The zero-order valence-corrected chi connectivity index (χ0v) is 9.98. The zero-order chi connectivity index (χ0) is 11.5. The fourth-order valence-corrected chi connectivity index (χ4v) is 2.72. The number of carbonyl (C=O) groups excluding carboxylic acids is 1. The highest BCUT2D eigenvalue weighted by molar-refractivity contribution is 5.76. The average Bonchev–Trinajstić information content (AvgIpc) is 2.27. The molecule has 4 heteroatoms. The maximum atomic E-state index is 11.3. The molecule has 1 heterocycles. The van der Waals surface area contributed by atoms with Crippen LogP contribution in [0.15, 0.2) is 0 Å². The number of aliphatic hydroxyl groups is 1. The second-order valence-electron chi connectivity index (χ2n) is 5.18. The van der Waals surface area contributed by atoms with Gasteiger partial charge in [0.1, 0.15) is 0 Å². The maximum absolute atomic E-state index is 11.3. The summed E-state index contributed by atoms with van der Waals surface area (Å²) in [7, 11) is 1.88. The largest absolute Gasteiger partial charge is 0.393 e. The number of likely N-dealkylation sites (tertiary alicyclic amines) is 1. The van der Waals surface area contributed by atoms with Crippen LogP contribution in [-0.2, 0) is 4.79 Å². The zero-order valence-electron chi connectivity index (χ0n) is 9.98. The molecule has 0 aromatic rings. The van der Waals surface area contributed by atoms with Gasteiger partial charge in [-0.1, -0.05) is 0 Å². The minimum atomic E-state index is -0.0892. The Hall–Kier alpha value is -0.610. The molecule has 0 radical (unpaired) electrons.